The Balaban J connectivity index is 3.05. The maximum absolute atomic E-state index is 10.6. The van der Waals surface area contributed by atoms with E-state index in [9.17, 15) is 5.11 Å². The van der Waals surface area contributed by atoms with Gasteiger partial charge in [-0.05, 0) is 24.1 Å². The Morgan fingerprint density at radius 3 is 2.40 bits per heavy atom. The smallest absolute Gasteiger partial charge is 0.124 e. The molecule has 0 aliphatic carbocycles. The van der Waals surface area contributed by atoms with Crippen molar-refractivity contribution >= 4 is 0 Å². The number of benzene rings is 1. The van der Waals surface area contributed by atoms with Crippen LogP contribution in [0.5, 0.6) is 11.5 Å². The van der Waals surface area contributed by atoms with Crippen molar-refractivity contribution in [1.29, 1.82) is 0 Å². The fourth-order valence-electron chi connectivity index (χ4n) is 2.21. The minimum absolute atomic E-state index is 0.0329. The van der Waals surface area contributed by atoms with E-state index in [1.54, 1.807) is 32.4 Å². The average Bonchev–Trinajstić information content (AvgIpc) is 2.46. The van der Waals surface area contributed by atoms with Crippen molar-refractivity contribution in [3.05, 3.63) is 23.8 Å². The molecule has 0 aliphatic rings. The van der Waals surface area contributed by atoms with Gasteiger partial charge in [0.2, 0.25) is 0 Å². The van der Waals surface area contributed by atoms with Gasteiger partial charge in [-0.1, -0.05) is 13.8 Å². The summed E-state index contributed by atoms with van der Waals surface area (Å²) >= 11 is 0. The zero-order valence-electron chi connectivity index (χ0n) is 12.6. The Bertz CT molecular complexity index is 409. The molecule has 20 heavy (non-hydrogen) atoms. The molecule has 0 spiro atoms. The Labute approximate surface area is 120 Å². The SMILES string of the molecule is COc1ccc(OC)c(C(O)C(NCCO)C(C)C)c1. The molecule has 0 saturated heterocycles. The Morgan fingerprint density at radius 2 is 1.90 bits per heavy atom. The summed E-state index contributed by atoms with van der Waals surface area (Å²) in [7, 11) is 3.16. The largest absolute Gasteiger partial charge is 0.497 e. The van der Waals surface area contributed by atoms with Gasteiger partial charge in [0.1, 0.15) is 11.5 Å². The van der Waals surface area contributed by atoms with Gasteiger partial charge in [0.25, 0.3) is 0 Å². The van der Waals surface area contributed by atoms with E-state index < -0.39 is 6.10 Å². The normalized spacial score (nSPS) is 14.2. The second kappa shape index (κ2) is 8.09. The van der Waals surface area contributed by atoms with E-state index in [1.807, 2.05) is 13.8 Å². The molecular weight excluding hydrogens is 258 g/mol. The number of aliphatic hydroxyl groups excluding tert-OH is 2. The van der Waals surface area contributed by atoms with Gasteiger partial charge in [0.05, 0.1) is 26.9 Å². The van der Waals surface area contributed by atoms with Crippen molar-refractivity contribution in [3.8, 4) is 11.5 Å². The van der Waals surface area contributed by atoms with Crippen molar-refractivity contribution in [2.45, 2.75) is 26.0 Å². The van der Waals surface area contributed by atoms with Crippen molar-refractivity contribution in [1.82, 2.24) is 5.32 Å². The van der Waals surface area contributed by atoms with E-state index in [1.165, 1.54) is 0 Å². The molecule has 0 fully saturated rings. The molecule has 2 atom stereocenters. The standard InChI is InChI=1S/C15H25NO4/c1-10(2)14(16-7-8-17)15(18)12-9-11(19-3)5-6-13(12)20-4/h5-6,9-10,14-18H,7-8H2,1-4H3. The van der Waals surface area contributed by atoms with E-state index >= 15 is 0 Å². The van der Waals surface area contributed by atoms with Crippen LogP contribution in [0.1, 0.15) is 25.5 Å². The number of methoxy groups -OCH3 is 2. The molecule has 0 bridgehead atoms. The number of hydrogen-bond acceptors (Lipinski definition) is 5. The Morgan fingerprint density at radius 1 is 1.20 bits per heavy atom. The Hall–Kier alpha value is -1.30. The average molecular weight is 283 g/mol. The van der Waals surface area contributed by atoms with Gasteiger partial charge in [-0.3, -0.25) is 0 Å². The first kappa shape index (κ1) is 16.8. The summed E-state index contributed by atoms with van der Waals surface area (Å²) in [5, 5.41) is 22.7. The van der Waals surface area contributed by atoms with Gasteiger partial charge >= 0.3 is 0 Å². The molecule has 5 heteroatoms. The molecular formula is C15H25NO4. The molecule has 3 N–H and O–H groups in total. The lowest BCUT2D eigenvalue weighted by atomic mass is 9.92. The zero-order chi connectivity index (χ0) is 15.1. The van der Waals surface area contributed by atoms with E-state index in [2.05, 4.69) is 5.32 Å². The second-order valence-corrected chi connectivity index (χ2v) is 5.00. The molecule has 0 heterocycles. The summed E-state index contributed by atoms with van der Waals surface area (Å²) in [6, 6.07) is 5.17. The molecule has 5 nitrogen and oxygen atoms in total. The van der Waals surface area contributed by atoms with Crippen molar-refractivity contribution in [2.24, 2.45) is 5.92 Å². The molecule has 1 rings (SSSR count). The second-order valence-electron chi connectivity index (χ2n) is 5.00. The van der Waals surface area contributed by atoms with Crippen molar-refractivity contribution < 1.29 is 19.7 Å². The molecule has 0 radical (unpaired) electrons. The number of ether oxygens (including phenoxy) is 2. The highest BCUT2D eigenvalue weighted by atomic mass is 16.5. The first-order valence-corrected chi connectivity index (χ1v) is 6.79. The fourth-order valence-corrected chi connectivity index (χ4v) is 2.21. The minimum atomic E-state index is -0.744. The first-order valence-electron chi connectivity index (χ1n) is 6.79. The number of nitrogens with one attached hydrogen (secondary N) is 1. The predicted molar refractivity (Wildman–Crippen MR) is 78.2 cm³/mol. The molecule has 0 amide bonds. The summed E-state index contributed by atoms with van der Waals surface area (Å²) in [5.41, 5.74) is 0.677. The zero-order valence-corrected chi connectivity index (χ0v) is 12.6. The van der Waals surface area contributed by atoms with Gasteiger partial charge in [0, 0.05) is 18.2 Å². The third-order valence-corrected chi connectivity index (χ3v) is 3.31. The van der Waals surface area contributed by atoms with Crippen LogP contribution in [0.2, 0.25) is 0 Å². The first-order chi connectivity index (χ1) is 9.54. The van der Waals surface area contributed by atoms with Crippen LogP contribution in [-0.4, -0.2) is 43.6 Å². The lowest BCUT2D eigenvalue weighted by molar-refractivity contribution is 0.0988. The van der Waals surface area contributed by atoms with Crippen LogP contribution in [0, 0.1) is 5.92 Å². The summed E-state index contributed by atoms with van der Waals surface area (Å²) in [6.45, 7) is 4.51. The number of rotatable bonds is 8. The van der Waals surface area contributed by atoms with Crippen LogP contribution >= 0.6 is 0 Å². The van der Waals surface area contributed by atoms with Gasteiger partial charge in [-0.2, -0.15) is 0 Å². The third-order valence-electron chi connectivity index (χ3n) is 3.31. The van der Waals surface area contributed by atoms with Gasteiger partial charge in [-0.25, -0.2) is 0 Å². The highest BCUT2D eigenvalue weighted by Crippen LogP contribution is 2.32. The monoisotopic (exact) mass is 283 g/mol. The fraction of sp³-hybridized carbons (Fsp3) is 0.600. The van der Waals surface area contributed by atoms with Crippen LogP contribution in [0.4, 0.5) is 0 Å². The third kappa shape index (κ3) is 4.10. The van der Waals surface area contributed by atoms with Crippen LogP contribution in [-0.2, 0) is 0 Å². The summed E-state index contributed by atoms with van der Waals surface area (Å²) < 4.78 is 10.5. The molecule has 0 aliphatic heterocycles. The maximum atomic E-state index is 10.6. The minimum Gasteiger partial charge on any atom is -0.497 e. The van der Waals surface area contributed by atoms with Gasteiger partial charge in [0.15, 0.2) is 0 Å². The predicted octanol–water partition coefficient (Wildman–Crippen LogP) is 1.34. The molecule has 0 aromatic heterocycles. The van der Waals surface area contributed by atoms with Gasteiger partial charge < -0.3 is 25.0 Å². The molecule has 2 unspecified atom stereocenters. The molecule has 1 aromatic carbocycles. The lowest BCUT2D eigenvalue weighted by Gasteiger charge is -2.28. The highest BCUT2D eigenvalue weighted by Gasteiger charge is 2.26. The van der Waals surface area contributed by atoms with Crippen molar-refractivity contribution in [3.63, 3.8) is 0 Å². The van der Waals surface area contributed by atoms with Gasteiger partial charge in [-0.15, -0.1) is 0 Å². The van der Waals surface area contributed by atoms with E-state index in [4.69, 9.17) is 14.6 Å². The highest BCUT2D eigenvalue weighted by molar-refractivity contribution is 5.42. The molecule has 114 valence electrons. The van der Waals surface area contributed by atoms with E-state index in [0.717, 1.165) is 0 Å². The quantitative estimate of drug-likeness (QED) is 0.671. The van der Waals surface area contributed by atoms with E-state index in [0.29, 0.717) is 23.6 Å². The molecule has 1 aromatic rings. The van der Waals surface area contributed by atoms with Crippen LogP contribution in [0.3, 0.4) is 0 Å². The topological polar surface area (TPSA) is 71.0 Å². The number of hydrogen-bond donors (Lipinski definition) is 3. The van der Waals surface area contributed by atoms with Crippen LogP contribution in [0.25, 0.3) is 0 Å². The summed E-state index contributed by atoms with van der Waals surface area (Å²) in [6.07, 6.45) is -0.744. The van der Waals surface area contributed by atoms with E-state index in [-0.39, 0.29) is 18.6 Å². The number of aliphatic hydroxyl groups is 2. The Kier molecular flexibility index (Phi) is 6.78. The summed E-state index contributed by atoms with van der Waals surface area (Å²) in [4.78, 5) is 0. The van der Waals surface area contributed by atoms with Crippen LogP contribution < -0.4 is 14.8 Å². The maximum Gasteiger partial charge on any atom is 0.124 e. The summed E-state index contributed by atoms with van der Waals surface area (Å²) in [5.74, 6) is 1.49. The van der Waals surface area contributed by atoms with Crippen LogP contribution in [0.15, 0.2) is 18.2 Å². The lowest BCUT2D eigenvalue weighted by Crippen LogP contribution is -2.40. The molecule has 0 saturated carbocycles. The van der Waals surface area contributed by atoms with Crippen molar-refractivity contribution in [2.75, 3.05) is 27.4 Å².